The zero-order chi connectivity index (χ0) is 15.6. The van der Waals surface area contributed by atoms with Crippen LogP contribution in [0.5, 0.6) is 0 Å². The Labute approximate surface area is 137 Å². The van der Waals surface area contributed by atoms with Crippen LogP contribution in [0.1, 0.15) is 12.6 Å². The number of anilines is 1. The number of sulfonamides is 1. The number of pyridine rings is 1. The summed E-state index contributed by atoms with van der Waals surface area (Å²) in [6, 6.07) is 9.73. The van der Waals surface area contributed by atoms with E-state index in [1.54, 1.807) is 24.3 Å². The van der Waals surface area contributed by atoms with E-state index in [4.69, 9.17) is 0 Å². The Kier molecular flexibility index (Phi) is 4.72. The van der Waals surface area contributed by atoms with Gasteiger partial charge in [0.25, 0.3) is 15.6 Å². The second-order valence-corrected chi connectivity index (χ2v) is 7.43. The standard InChI is InChI=1S/C14H15IN2O3S/c1-3-17-10(2)7-8-13(14(17)18)16-21(19,20)12-6-4-5-11(15)9-12/h4-9,16H,3H2,1-2H3. The normalized spacial score (nSPS) is 11.4. The number of aromatic nitrogens is 1. The molecule has 0 atom stereocenters. The number of benzene rings is 1. The average Bonchev–Trinajstić information content (AvgIpc) is 2.43. The van der Waals surface area contributed by atoms with Crippen LogP contribution in [0.3, 0.4) is 0 Å². The molecular weight excluding hydrogens is 403 g/mol. The van der Waals surface area contributed by atoms with Gasteiger partial charge in [0.2, 0.25) is 0 Å². The highest BCUT2D eigenvalue weighted by Crippen LogP contribution is 2.16. The Morgan fingerprint density at radius 1 is 1.24 bits per heavy atom. The van der Waals surface area contributed by atoms with Gasteiger partial charge in [-0.05, 0) is 66.8 Å². The maximum Gasteiger partial charge on any atom is 0.275 e. The Bertz CT molecular complexity index is 828. The van der Waals surface area contributed by atoms with Gasteiger partial charge in [0.15, 0.2) is 0 Å². The lowest BCUT2D eigenvalue weighted by molar-refractivity contribution is 0.601. The molecule has 0 radical (unpaired) electrons. The van der Waals surface area contributed by atoms with E-state index < -0.39 is 10.0 Å². The summed E-state index contributed by atoms with van der Waals surface area (Å²) in [5.74, 6) is 0. The van der Waals surface area contributed by atoms with Crippen molar-refractivity contribution in [1.29, 1.82) is 0 Å². The van der Waals surface area contributed by atoms with Crippen LogP contribution in [0.4, 0.5) is 5.69 Å². The lowest BCUT2D eigenvalue weighted by atomic mass is 10.3. The van der Waals surface area contributed by atoms with Crippen LogP contribution >= 0.6 is 22.6 Å². The van der Waals surface area contributed by atoms with E-state index in [0.717, 1.165) is 9.26 Å². The van der Waals surface area contributed by atoms with E-state index in [0.29, 0.717) is 6.54 Å². The van der Waals surface area contributed by atoms with Gasteiger partial charge in [-0.3, -0.25) is 9.52 Å². The molecule has 0 bridgehead atoms. The molecule has 1 aromatic heterocycles. The number of aryl methyl sites for hydroxylation is 1. The molecule has 112 valence electrons. The van der Waals surface area contributed by atoms with Crippen LogP contribution in [-0.4, -0.2) is 13.0 Å². The summed E-state index contributed by atoms with van der Waals surface area (Å²) >= 11 is 2.04. The zero-order valence-corrected chi connectivity index (χ0v) is 14.6. The van der Waals surface area contributed by atoms with Crippen LogP contribution in [0.2, 0.25) is 0 Å². The van der Waals surface area contributed by atoms with Crippen molar-refractivity contribution in [1.82, 2.24) is 4.57 Å². The summed E-state index contributed by atoms with van der Waals surface area (Å²) in [4.78, 5) is 12.4. The smallest absolute Gasteiger partial charge is 0.275 e. The minimum atomic E-state index is -3.76. The van der Waals surface area contributed by atoms with E-state index in [1.807, 2.05) is 36.4 Å². The Morgan fingerprint density at radius 3 is 2.57 bits per heavy atom. The number of rotatable bonds is 4. The third kappa shape index (κ3) is 3.46. The van der Waals surface area contributed by atoms with Crippen LogP contribution < -0.4 is 10.3 Å². The van der Waals surface area contributed by atoms with Crippen LogP contribution in [0, 0.1) is 10.5 Å². The SMILES string of the molecule is CCn1c(C)ccc(NS(=O)(=O)c2cccc(I)c2)c1=O. The van der Waals surface area contributed by atoms with Gasteiger partial charge in [0.1, 0.15) is 5.69 Å². The highest BCUT2D eigenvalue weighted by Gasteiger charge is 2.17. The molecule has 1 heterocycles. The first-order valence-corrected chi connectivity index (χ1v) is 8.90. The van der Waals surface area contributed by atoms with Crippen molar-refractivity contribution in [2.24, 2.45) is 0 Å². The Hall–Kier alpha value is -1.35. The summed E-state index contributed by atoms with van der Waals surface area (Å²) < 4.78 is 29.4. The van der Waals surface area contributed by atoms with Gasteiger partial charge in [0.05, 0.1) is 4.90 Å². The van der Waals surface area contributed by atoms with E-state index in [1.165, 1.54) is 16.7 Å². The fraction of sp³-hybridized carbons (Fsp3) is 0.214. The maximum atomic E-state index is 12.3. The lowest BCUT2D eigenvalue weighted by Crippen LogP contribution is -2.26. The molecule has 7 heteroatoms. The number of hydrogen-bond donors (Lipinski definition) is 1. The van der Waals surface area contributed by atoms with E-state index in [-0.39, 0.29) is 16.1 Å². The molecule has 0 unspecified atom stereocenters. The van der Waals surface area contributed by atoms with Crippen LogP contribution in [-0.2, 0) is 16.6 Å². The van der Waals surface area contributed by atoms with Crippen LogP contribution in [0.15, 0.2) is 46.1 Å². The van der Waals surface area contributed by atoms with Crippen molar-refractivity contribution in [2.45, 2.75) is 25.3 Å². The van der Waals surface area contributed by atoms with Gasteiger partial charge in [-0.1, -0.05) is 6.07 Å². The fourth-order valence-electron chi connectivity index (χ4n) is 1.98. The van der Waals surface area contributed by atoms with Crippen molar-refractivity contribution in [3.05, 3.63) is 56.0 Å². The molecule has 0 saturated heterocycles. The topological polar surface area (TPSA) is 68.2 Å². The molecule has 1 N–H and O–H groups in total. The van der Waals surface area contributed by atoms with Gasteiger partial charge in [-0.15, -0.1) is 0 Å². The predicted octanol–water partition coefficient (Wildman–Crippen LogP) is 2.58. The summed E-state index contributed by atoms with van der Waals surface area (Å²) in [5, 5.41) is 0. The molecule has 0 aliphatic carbocycles. The van der Waals surface area contributed by atoms with Crippen molar-refractivity contribution >= 4 is 38.3 Å². The van der Waals surface area contributed by atoms with E-state index in [2.05, 4.69) is 4.72 Å². The highest BCUT2D eigenvalue weighted by atomic mass is 127. The van der Waals surface area contributed by atoms with Gasteiger partial charge < -0.3 is 4.57 Å². The molecule has 0 amide bonds. The summed E-state index contributed by atoms with van der Waals surface area (Å²) in [7, 11) is -3.76. The summed E-state index contributed by atoms with van der Waals surface area (Å²) in [6.07, 6.45) is 0. The molecule has 5 nitrogen and oxygen atoms in total. The van der Waals surface area contributed by atoms with E-state index in [9.17, 15) is 13.2 Å². The van der Waals surface area contributed by atoms with E-state index >= 15 is 0 Å². The van der Waals surface area contributed by atoms with Crippen molar-refractivity contribution < 1.29 is 8.42 Å². The molecule has 0 saturated carbocycles. The number of nitrogens with one attached hydrogen (secondary N) is 1. The first kappa shape index (κ1) is 16.0. The second kappa shape index (κ2) is 6.18. The van der Waals surface area contributed by atoms with Gasteiger partial charge in [-0.2, -0.15) is 0 Å². The fourth-order valence-corrected chi connectivity index (χ4v) is 3.84. The molecule has 0 aliphatic heterocycles. The molecule has 0 fully saturated rings. The summed E-state index contributed by atoms with van der Waals surface area (Å²) in [6.45, 7) is 4.14. The molecule has 1 aromatic carbocycles. The Balaban J connectivity index is 2.45. The van der Waals surface area contributed by atoms with Crippen molar-refractivity contribution in [3.63, 3.8) is 0 Å². The van der Waals surface area contributed by atoms with Gasteiger partial charge >= 0.3 is 0 Å². The average molecular weight is 418 g/mol. The first-order chi connectivity index (χ1) is 9.85. The van der Waals surface area contributed by atoms with Gasteiger partial charge in [-0.25, -0.2) is 8.42 Å². The Morgan fingerprint density at radius 2 is 1.95 bits per heavy atom. The number of halogens is 1. The second-order valence-electron chi connectivity index (χ2n) is 4.50. The number of hydrogen-bond acceptors (Lipinski definition) is 3. The van der Waals surface area contributed by atoms with Crippen molar-refractivity contribution in [2.75, 3.05) is 4.72 Å². The third-order valence-electron chi connectivity index (χ3n) is 3.06. The minimum Gasteiger partial charge on any atom is -0.311 e. The first-order valence-electron chi connectivity index (χ1n) is 6.34. The summed E-state index contributed by atoms with van der Waals surface area (Å²) in [5.41, 5.74) is 0.507. The van der Waals surface area contributed by atoms with Crippen LogP contribution in [0.25, 0.3) is 0 Å². The molecule has 2 rings (SSSR count). The monoisotopic (exact) mass is 418 g/mol. The van der Waals surface area contributed by atoms with Crippen molar-refractivity contribution in [3.8, 4) is 0 Å². The number of nitrogens with zero attached hydrogens (tertiary/aromatic N) is 1. The lowest BCUT2D eigenvalue weighted by Gasteiger charge is -2.12. The minimum absolute atomic E-state index is 0.0568. The third-order valence-corrected chi connectivity index (χ3v) is 5.09. The largest absolute Gasteiger partial charge is 0.311 e. The molecule has 0 aliphatic rings. The van der Waals surface area contributed by atoms with Gasteiger partial charge in [0, 0.05) is 15.8 Å². The molecular formula is C14H15IN2O3S. The maximum absolute atomic E-state index is 12.3. The molecule has 21 heavy (non-hydrogen) atoms. The zero-order valence-electron chi connectivity index (χ0n) is 11.6. The quantitative estimate of drug-likeness (QED) is 0.777. The highest BCUT2D eigenvalue weighted by molar-refractivity contribution is 14.1. The molecule has 0 spiro atoms. The molecule has 2 aromatic rings. The predicted molar refractivity (Wildman–Crippen MR) is 91.1 cm³/mol.